The fourth-order valence-electron chi connectivity index (χ4n) is 3.62. The van der Waals surface area contributed by atoms with Gasteiger partial charge in [0.05, 0.1) is 24.9 Å². The minimum atomic E-state index is 0.0495. The number of nitrogens with one attached hydrogen (secondary N) is 2. The van der Waals surface area contributed by atoms with Gasteiger partial charge in [-0.05, 0) is 18.6 Å². The number of hydrogen-bond donors (Lipinski definition) is 2. The zero-order chi connectivity index (χ0) is 22.7. The van der Waals surface area contributed by atoms with Gasteiger partial charge >= 0.3 is 0 Å². The molecule has 2 aromatic heterocycles. The molecular formula is C21H26N8O3. The molecule has 32 heavy (non-hydrogen) atoms. The third kappa shape index (κ3) is 4.41. The Morgan fingerprint density at radius 1 is 1.28 bits per heavy atom. The summed E-state index contributed by atoms with van der Waals surface area (Å²) in [6, 6.07) is 5.74. The molecule has 1 aromatic carbocycles. The average molecular weight is 438 g/mol. The van der Waals surface area contributed by atoms with Crippen LogP contribution in [0.2, 0.25) is 0 Å². The smallest absolute Gasteiger partial charge is 0.233 e. The van der Waals surface area contributed by atoms with E-state index in [9.17, 15) is 4.79 Å². The van der Waals surface area contributed by atoms with Crippen molar-refractivity contribution in [1.82, 2.24) is 24.8 Å². The maximum atomic E-state index is 11.7. The minimum absolute atomic E-state index is 0.0495. The molecule has 3 heterocycles. The van der Waals surface area contributed by atoms with Crippen molar-refractivity contribution in [2.24, 2.45) is 0 Å². The molecule has 1 aliphatic heterocycles. The predicted molar refractivity (Wildman–Crippen MR) is 120 cm³/mol. The van der Waals surface area contributed by atoms with E-state index in [0.717, 1.165) is 24.2 Å². The molecule has 0 aliphatic carbocycles. The summed E-state index contributed by atoms with van der Waals surface area (Å²) in [5, 5.41) is 6.20. The Kier molecular flexibility index (Phi) is 6.06. The van der Waals surface area contributed by atoms with Gasteiger partial charge in [-0.3, -0.25) is 4.79 Å². The fourth-order valence-corrected chi connectivity index (χ4v) is 3.62. The first-order chi connectivity index (χ1) is 15.5. The number of anilines is 4. The van der Waals surface area contributed by atoms with Crippen LogP contribution in [0.5, 0.6) is 5.75 Å². The summed E-state index contributed by atoms with van der Waals surface area (Å²) in [6.45, 7) is 3.01. The highest BCUT2D eigenvalue weighted by molar-refractivity contribution is 5.73. The van der Waals surface area contributed by atoms with Crippen LogP contribution in [0.15, 0.2) is 35.2 Å². The van der Waals surface area contributed by atoms with Crippen molar-refractivity contribution >= 4 is 29.4 Å². The van der Waals surface area contributed by atoms with E-state index in [4.69, 9.17) is 9.15 Å². The molecule has 1 unspecified atom stereocenters. The van der Waals surface area contributed by atoms with Crippen molar-refractivity contribution < 1.29 is 13.9 Å². The number of likely N-dealkylation sites (N-methyl/N-ethyl adjacent to an activating group) is 1. The van der Waals surface area contributed by atoms with E-state index in [1.807, 2.05) is 25.2 Å². The van der Waals surface area contributed by atoms with Gasteiger partial charge in [-0.1, -0.05) is 0 Å². The van der Waals surface area contributed by atoms with Gasteiger partial charge in [0.15, 0.2) is 12.2 Å². The third-order valence-electron chi connectivity index (χ3n) is 5.49. The average Bonchev–Trinajstić information content (AvgIpc) is 3.50. The van der Waals surface area contributed by atoms with Crippen LogP contribution in [0.25, 0.3) is 11.3 Å². The van der Waals surface area contributed by atoms with Crippen LogP contribution >= 0.6 is 0 Å². The number of nitrogens with zero attached hydrogens (tertiary/aromatic N) is 6. The van der Waals surface area contributed by atoms with Gasteiger partial charge in [-0.2, -0.15) is 15.0 Å². The first-order valence-corrected chi connectivity index (χ1v) is 10.2. The normalized spacial score (nSPS) is 15.5. The minimum Gasteiger partial charge on any atom is -0.496 e. The maximum absolute atomic E-state index is 11.7. The Balaban J connectivity index is 1.56. The number of aromatic nitrogens is 4. The Labute approximate surface area is 185 Å². The number of amides is 1. The van der Waals surface area contributed by atoms with E-state index >= 15 is 0 Å². The van der Waals surface area contributed by atoms with Crippen LogP contribution in [-0.2, 0) is 4.79 Å². The second-order valence-corrected chi connectivity index (χ2v) is 7.46. The first kappa shape index (κ1) is 21.3. The van der Waals surface area contributed by atoms with Crippen molar-refractivity contribution in [3.63, 3.8) is 0 Å². The monoisotopic (exact) mass is 438 g/mol. The molecule has 1 saturated heterocycles. The summed E-state index contributed by atoms with van der Waals surface area (Å²) in [4.78, 5) is 33.0. The molecule has 0 bridgehead atoms. The van der Waals surface area contributed by atoms with E-state index in [1.165, 1.54) is 6.39 Å². The van der Waals surface area contributed by atoms with Crippen molar-refractivity contribution in [3.8, 4) is 17.1 Å². The summed E-state index contributed by atoms with van der Waals surface area (Å²) in [6.07, 6.45) is 3.87. The standard InChI is InChI=1S/C21H26N8O3/c1-13(30)28(3)15-7-8-29(11-15)21-26-19(22-2)25-20(27-21)24-14-5-6-16(17(9-14)31-4)18-10-23-12-32-18/h5-6,9-10,12,15H,7-8,11H2,1-4H3,(H2,22,24,25,26,27). The summed E-state index contributed by atoms with van der Waals surface area (Å²) >= 11 is 0. The second-order valence-electron chi connectivity index (χ2n) is 7.46. The van der Waals surface area contributed by atoms with Crippen molar-refractivity contribution in [2.75, 3.05) is 49.8 Å². The van der Waals surface area contributed by atoms with Crippen LogP contribution in [0.3, 0.4) is 0 Å². The van der Waals surface area contributed by atoms with E-state index in [2.05, 4.69) is 35.5 Å². The molecule has 3 aromatic rings. The topological polar surface area (TPSA) is 122 Å². The number of oxazole rings is 1. The zero-order valence-corrected chi connectivity index (χ0v) is 18.5. The van der Waals surface area contributed by atoms with Gasteiger partial charge in [0.25, 0.3) is 0 Å². The number of rotatable bonds is 7. The number of ether oxygens (including phenoxy) is 1. The molecule has 0 saturated carbocycles. The molecule has 0 spiro atoms. The van der Waals surface area contributed by atoms with Crippen LogP contribution < -0.4 is 20.3 Å². The van der Waals surface area contributed by atoms with Gasteiger partial charge < -0.3 is 29.6 Å². The molecule has 11 nitrogen and oxygen atoms in total. The van der Waals surface area contributed by atoms with Crippen LogP contribution in [0, 0.1) is 0 Å². The third-order valence-corrected chi connectivity index (χ3v) is 5.49. The number of carbonyl (C=O) groups is 1. The molecule has 2 N–H and O–H groups in total. The molecule has 11 heteroatoms. The van der Waals surface area contributed by atoms with E-state index in [0.29, 0.717) is 35.9 Å². The highest BCUT2D eigenvalue weighted by Crippen LogP contribution is 2.33. The van der Waals surface area contributed by atoms with Gasteiger partial charge in [0, 0.05) is 45.9 Å². The lowest BCUT2D eigenvalue weighted by molar-refractivity contribution is -0.129. The van der Waals surface area contributed by atoms with Gasteiger partial charge in [-0.15, -0.1) is 0 Å². The lowest BCUT2D eigenvalue weighted by Crippen LogP contribution is -2.37. The molecule has 1 amide bonds. The molecule has 168 valence electrons. The Bertz CT molecular complexity index is 1090. The maximum Gasteiger partial charge on any atom is 0.233 e. The van der Waals surface area contributed by atoms with Crippen molar-refractivity contribution in [1.29, 1.82) is 0 Å². The fraction of sp³-hybridized carbons (Fsp3) is 0.381. The summed E-state index contributed by atoms with van der Waals surface area (Å²) in [5.74, 6) is 2.70. The first-order valence-electron chi connectivity index (χ1n) is 10.2. The number of benzene rings is 1. The van der Waals surface area contributed by atoms with Gasteiger partial charge in [-0.25, -0.2) is 4.98 Å². The molecule has 0 radical (unpaired) electrons. The van der Waals surface area contributed by atoms with E-state index in [-0.39, 0.29) is 11.9 Å². The summed E-state index contributed by atoms with van der Waals surface area (Å²) in [7, 11) is 5.18. The lowest BCUT2D eigenvalue weighted by atomic mass is 10.1. The molecule has 4 rings (SSSR count). The van der Waals surface area contributed by atoms with Crippen LogP contribution in [0.4, 0.5) is 23.5 Å². The van der Waals surface area contributed by atoms with Gasteiger partial charge in [0.2, 0.25) is 23.8 Å². The molecular weight excluding hydrogens is 412 g/mol. The Hall–Kier alpha value is -3.89. The van der Waals surface area contributed by atoms with Crippen molar-refractivity contribution in [2.45, 2.75) is 19.4 Å². The van der Waals surface area contributed by atoms with Gasteiger partial charge in [0.1, 0.15) is 5.75 Å². The van der Waals surface area contributed by atoms with Crippen LogP contribution in [-0.4, -0.2) is 71.1 Å². The van der Waals surface area contributed by atoms with Crippen LogP contribution in [0.1, 0.15) is 13.3 Å². The summed E-state index contributed by atoms with van der Waals surface area (Å²) < 4.78 is 10.9. The SMILES string of the molecule is CNc1nc(Nc2ccc(-c3cnco3)c(OC)c2)nc(N2CCC(N(C)C(C)=O)C2)n1. The highest BCUT2D eigenvalue weighted by Gasteiger charge is 2.29. The second kappa shape index (κ2) is 9.08. The number of hydrogen-bond acceptors (Lipinski definition) is 10. The van der Waals surface area contributed by atoms with E-state index in [1.54, 1.807) is 32.2 Å². The highest BCUT2D eigenvalue weighted by atomic mass is 16.5. The Morgan fingerprint density at radius 3 is 2.78 bits per heavy atom. The van der Waals surface area contributed by atoms with E-state index < -0.39 is 0 Å². The number of carbonyl (C=O) groups excluding carboxylic acids is 1. The lowest BCUT2D eigenvalue weighted by Gasteiger charge is -2.23. The zero-order valence-electron chi connectivity index (χ0n) is 18.5. The molecule has 1 aliphatic rings. The summed E-state index contributed by atoms with van der Waals surface area (Å²) in [5.41, 5.74) is 1.54. The Morgan fingerprint density at radius 2 is 2.09 bits per heavy atom. The largest absolute Gasteiger partial charge is 0.496 e. The molecule has 1 atom stereocenters. The predicted octanol–water partition coefficient (Wildman–Crippen LogP) is 2.38. The quantitative estimate of drug-likeness (QED) is 0.568. The number of methoxy groups -OCH3 is 1. The molecule has 1 fully saturated rings. The van der Waals surface area contributed by atoms with Crippen molar-refractivity contribution in [3.05, 3.63) is 30.8 Å².